The van der Waals surface area contributed by atoms with Gasteiger partial charge in [-0.15, -0.1) is 5.10 Å². The summed E-state index contributed by atoms with van der Waals surface area (Å²) in [6.45, 7) is 2.90. The second-order valence-corrected chi connectivity index (χ2v) is 6.73. The van der Waals surface area contributed by atoms with Gasteiger partial charge in [0, 0.05) is 24.7 Å². The summed E-state index contributed by atoms with van der Waals surface area (Å²) < 4.78 is 8.39. The molecule has 134 valence electrons. The maximum absolute atomic E-state index is 12.6. The van der Waals surface area contributed by atoms with Crippen molar-refractivity contribution < 1.29 is 4.74 Å². The van der Waals surface area contributed by atoms with Gasteiger partial charge in [-0.05, 0) is 42.0 Å². The van der Waals surface area contributed by atoms with Crippen LogP contribution in [0.1, 0.15) is 11.4 Å². The molecule has 0 radical (unpaired) electrons. The lowest BCUT2D eigenvalue weighted by Gasteiger charge is -2.26. The van der Waals surface area contributed by atoms with E-state index >= 15 is 0 Å². The normalized spacial score (nSPS) is 14.2. The van der Waals surface area contributed by atoms with Crippen molar-refractivity contribution in [1.29, 1.82) is 0 Å². The summed E-state index contributed by atoms with van der Waals surface area (Å²) in [4.78, 5) is 14.9. The Hall–Kier alpha value is -2.57. The van der Waals surface area contributed by atoms with Crippen LogP contribution in [-0.2, 0) is 19.6 Å². The molecule has 2 aromatic carbocycles. The Balaban J connectivity index is 1.54. The molecule has 0 unspecified atom stereocenters. The molecule has 6 nitrogen and oxygen atoms in total. The minimum absolute atomic E-state index is 0.105. The smallest absolute Gasteiger partial charge is 0.350 e. The van der Waals surface area contributed by atoms with Crippen LogP contribution in [0.2, 0.25) is 5.02 Å². The Morgan fingerprint density at radius 1 is 1.08 bits per heavy atom. The van der Waals surface area contributed by atoms with E-state index in [2.05, 4.69) is 22.1 Å². The average Bonchev–Trinajstić information content (AvgIpc) is 2.99. The van der Waals surface area contributed by atoms with Crippen molar-refractivity contribution in [3.8, 4) is 11.4 Å². The zero-order valence-electron chi connectivity index (χ0n) is 14.4. The number of hydrogen-bond donors (Lipinski definition) is 0. The topological polar surface area (TPSA) is 52.3 Å². The lowest BCUT2D eigenvalue weighted by atomic mass is 10.2. The van der Waals surface area contributed by atoms with E-state index in [0.29, 0.717) is 18.1 Å². The fourth-order valence-corrected chi connectivity index (χ4v) is 3.30. The summed E-state index contributed by atoms with van der Waals surface area (Å²) >= 11 is 5.93. The Bertz CT molecular complexity index is 961. The van der Waals surface area contributed by atoms with Crippen molar-refractivity contribution in [1.82, 2.24) is 19.2 Å². The Morgan fingerprint density at radius 2 is 1.81 bits per heavy atom. The molecule has 26 heavy (non-hydrogen) atoms. The van der Waals surface area contributed by atoms with E-state index in [0.717, 1.165) is 30.4 Å². The van der Waals surface area contributed by atoms with E-state index < -0.39 is 0 Å². The lowest BCUT2D eigenvalue weighted by molar-refractivity contribution is 0.207. The molecule has 3 aromatic rings. The van der Waals surface area contributed by atoms with Gasteiger partial charge < -0.3 is 4.74 Å². The van der Waals surface area contributed by atoms with Gasteiger partial charge in [0.2, 0.25) is 0 Å². The number of rotatable bonds is 4. The molecule has 0 N–H and O–H groups in total. The quantitative estimate of drug-likeness (QED) is 0.708. The molecule has 0 aliphatic carbocycles. The molecule has 1 aliphatic rings. The average molecular weight is 371 g/mol. The van der Waals surface area contributed by atoms with Gasteiger partial charge in [0.15, 0.2) is 0 Å². The fraction of sp³-hybridized carbons (Fsp3) is 0.263. The van der Waals surface area contributed by atoms with Crippen LogP contribution in [0.5, 0.6) is 5.75 Å². The molecule has 0 saturated heterocycles. The highest BCUT2D eigenvalue weighted by Crippen LogP contribution is 2.17. The third-order valence-electron chi connectivity index (χ3n) is 4.58. The number of methoxy groups -OCH3 is 1. The molecule has 0 amide bonds. The van der Waals surface area contributed by atoms with Crippen molar-refractivity contribution in [2.24, 2.45) is 0 Å². The van der Waals surface area contributed by atoms with Gasteiger partial charge in [-0.3, -0.25) is 9.47 Å². The zero-order chi connectivity index (χ0) is 18.1. The maximum atomic E-state index is 12.6. The van der Waals surface area contributed by atoms with E-state index in [4.69, 9.17) is 16.3 Å². The highest BCUT2D eigenvalue weighted by atomic mass is 35.5. The lowest BCUT2D eigenvalue weighted by Crippen LogP contribution is -2.37. The van der Waals surface area contributed by atoms with Gasteiger partial charge in [0.25, 0.3) is 0 Å². The third-order valence-corrected chi connectivity index (χ3v) is 4.83. The molecule has 1 aliphatic heterocycles. The fourth-order valence-electron chi connectivity index (χ4n) is 3.17. The first-order valence-electron chi connectivity index (χ1n) is 8.44. The molecule has 2 heterocycles. The second-order valence-electron chi connectivity index (χ2n) is 6.30. The predicted octanol–water partition coefficient (Wildman–Crippen LogP) is 2.71. The minimum atomic E-state index is -0.105. The van der Waals surface area contributed by atoms with Crippen LogP contribution < -0.4 is 10.4 Å². The highest BCUT2D eigenvalue weighted by molar-refractivity contribution is 6.30. The first-order valence-corrected chi connectivity index (χ1v) is 8.82. The van der Waals surface area contributed by atoms with E-state index in [9.17, 15) is 4.79 Å². The van der Waals surface area contributed by atoms with E-state index in [1.54, 1.807) is 35.9 Å². The van der Waals surface area contributed by atoms with Gasteiger partial charge in [-0.1, -0.05) is 23.7 Å². The predicted molar refractivity (Wildman–Crippen MR) is 99.9 cm³/mol. The number of hydrogen-bond acceptors (Lipinski definition) is 4. The second kappa shape index (κ2) is 6.97. The molecule has 7 heteroatoms. The van der Waals surface area contributed by atoms with Crippen LogP contribution in [-0.4, -0.2) is 32.9 Å². The first-order chi connectivity index (χ1) is 12.6. The molecular formula is C19H19ClN4O2. The van der Waals surface area contributed by atoms with Crippen LogP contribution >= 0.6 is 11.6 Å². The molecule has 1 aromatic heterocycles. The van der Waals surface area contributed by atoms with Crippen molar-refractivity contribution in [3.63, 3.8) is 0 Å². The number of benzene rings is 2. The van der Waals surface area contributed by atoms with E-state index in [1.165, 1.54) is 10.2 Å². The molecule has 0 saturated carbocycles. The number of fused-ring (bicyclic) bond motifs is 1. The van der Waals surface area contributed by atoms with E-state index in [1.807, 2.05) is 12.1 Å². The molecule has 0 atom stereocenters. The van der Waals surface area contributed by atoms with Gasteiger partial charge >= 0.3 is 5.69 Å². The largest absolute Gasteiger partial charge is 0.497 e. The molecule has 0 fully saturated rings. The van der Waals surface area contributed by atoms with Crippen LogP contribution in [0, 0.1) is 0 Å². The molecule has 0 spiro atoms. The number of ether oxygens (including phenoxy) is 1. The molecule has 0 bridgehead atoms. The third kappa shape index (κ3) is 3.25. The minimum Gasteiger partial charge on any atom is -0.497 e. The summed E-state index contributed by atoms with van der Waals surface area (Å²) in [5.41, 5.74) is 1.83. The number of aromatic nitrogens is 3. The van der Waals surface area contributed by atoms with Crippen LogP contribution in [0.15, 0.2) is 53.3 Å². The van der Waals surface area contributed by atoms with Crippen LogP contribution in [0.4, 0.5) is 0 Å². The van der Waals surface area contributed by atoms with E-state index in [-0.39, 0.29) is 5.69 Å². The summed E-state index contributed by atoms with van der Waals surface area (Å²) in [6, 6.07) is 15.2. The van der Waals surface area contributed by atoms with Crippen molar-refractivity contribution >= 4 is 11.6 Å². The molecular weight excluding hydrogens is 352 g/mol. The monoisotopic (exact) mass is 370 g/mol. The van der Waals surface area contributed by atoms with Gasteiger partial charge in [0.05, 0.1) is 19.3 Å². The van der Waals surface area contributed by atoms with Crippen molar-refractivity contribution in [2.75, 3.05) is 13.7 Å². The standard InChI is InChI=1S/C19H19ClN4O2/c1-26-17-8-2-14(3-9-17)12-22-10-11-23-18(13-22)21-24(19(23)25)16-6-4-15(20)5-7-16/h2-9H,10-13H2,1H3. The Labute approximate surface area is 156 Å². The van der Waals surface area contributed by atoms with Crippen molar-refractivity contribution in [2.45, 2.75) is 19.6 Å². The Kier molecular flexibility index (Phi) is 4.53. The van der Waals surface area contributed by atoms with Crippen LogP contribution in [0.3, 0.4) is 0 Å². The highest BCUT2D eigenvalue weighted by Gasteiger charge is 2.22. The number of nitrogens with zero attached hydrogens (tertiary/aromatic N) is 4. The number of halogens is 1. The van der Waals surface area contributed by atoms with Gasteiger partial charge in [-0.2, -0.15) is 4.68 Å². The van der Waals surface area contributed by atoms with Gasteiger partial charge in [0.1, 0.15) is 11.6 Å². The van der Waals surface area contributed by atoms with Crippen LogP contribution in [0.25, 0.3) is 5.69 Å². The zero-order valence-corrected chi connectivity index (χ0v) is 15.2. The van der Waals surface area contributed by atoms with Gasteiger partial charge in [-0.25, -0.2) is 4.79 Å². The first kappa shape index (κ1) is 16.9. The Morgan fingerprint density at radius 3 is 2.50 bits per heavy atom. The summed E-state index contributed by atoms with van der Waals surface area (Å²) in [5.74, 6) is 1.63. The summed E-state index contributed by atoms with van der Waals surface area (Å²) in [7, 11) is 1.66. The summed E-state index contributed by atoms with van der Waals surface area (Å²) in [5, 5.41) is 5.17. The SMILES string of the molecule is COc1ccc(CN2CCn3c(nn(-c4ccc(Cl)cc4)c3=O)C2)cc1. The van der Waals surface area contributed by atoms with Crippen molar-refractivity contribution in [3.05, 3.63) is 75.4 Å². The maximum Gasteiger partial charge on any atom is 0.350 e. The summed E-state index contributed by atoms with van der Waals surface area (Å²) in [6.07, 6.45) is 0. The molecule has 4 rings (SSSR count).